The zero-order valence-corrected chi connectivity index (χ0v) is 12.8. The van der Waals surface area contributed by atoms with Crippen LogP contribution in [0.15, 0.2) is 18.2 Å². The van der Waals surface area contributed by atoms with Gasteiger partial charge in [0.15, 0.2) is 24.1 Å². The number of aliphatic hydroxyl groups excluding tert-OH is 1. The number of hydrogen-bond acceptors (Lipinski definition) is 5. The Morgan fingerprint density at radius 1 is 0.909 bits per heavy atom. The SMILES string of the molecule is OCc1ccc(O[C@H]2CCCCO2)c(O[C@@H]2CCCCO2)c1. The Hall–Kier alpha value is -1.30. The van der Waals surface area contributed by atoms with Crippen molar-refractivity contribution < 1.29 is 24.1 Å². The monoisotopic (exact) mass is 308 g/mol. The summed E-state index contributed by atoms with van der Waals surface area (Å²) in [6.45, 7) is 1.44. The molecular weight excluding hydrogens is 284 g/mol. The number of aliphatic hydroxyl groups is 1. The second-order valence-corrected chi connectivity index (χ2v) is 5.77. The van der Waals surface area contributed by atoms with Crippen molar-refractivity contribution in [2.75, 3.05) is 13.2 Å². The number of ether oxygens (including phenoxy) is 4. The molecule has 5 nitrogen and oxygen atoms in total. The third-order valence-corrected chi connectivity index (χ3v) is 3.98. The molecule has 0 aliphatic carbocycles. The molecule has 2 aliphatic heterocycles. The third-order valence-electron chi connectivity index (χ3n) is 3.98. The van der Waals surface area contributed by atoms with Crippen molar-refractivity contribution in [3.63, 3.8) is 0 Å². The molecule has 3 rings (SSSR count). The Labute approximate surface area is 131 Å². The van der Waals surface area contributed by atoms with Gasteiger partial charge in [0.1, 0.15) is 0 Å². The standard InChI is InChI=1S/C17H24O5/c18-12-13-7-8-14(21-16-5-1-3-9-19-16)15(11-13)22-17-6-2-4-10-20-17/h7-8,11,16-18H,1-6,9-10,12H2/t16-,17+/m0/s1. The largest absolute Gasteiger partial charge is 0.461 e. The normalized spacial score (nSPS) is 25.7. The summed E-state index contributed by atoms with van der Waals surface area (Å²) in [6.07, 6.45) is 5.69. The average Bonchev–Trinajstić information content (AvgIpc) is 2.58. The first-order valence-corrected chi connectivity index (χ1v) is 8.15. The Morgan fingerprint density at radius 2 is 1.55 bits per heavy atom. The minimum atomic E-state index is -0.239. The summed E-state index contributed by atoms with van der Waals surface area (Å²) in [6, 6.07) is 5.49. The summed E-state index contributed by atoms with van der Waals surface area (Å²) < 4.78 is 23.2. The second kappa shape index (κ2) is 7.81. The molecule has 1 N–H and O–H groups in total. The van der Waals surface area contributed by atoms with Gasteiger partial charge in [-0.15, -0.1) is 0 Å². The van der Waals surface area contributed by atoms with Crippen LogP contribution in [0.1, 0.15) is 44.1 Å². The van der Waals surface area contributed by atoms with E-state index in [1.54, 1.807) is 0 Å². The molecule has 2 atom stereocenters. The van der Waals surface area contributed by atoms with Crippen molar-refractivity contribution in [2.24, 2.45) is 0 Å². The first-order chi connectivity index (χ1) is 10.8. The maximum atomic E-state index is 9.33. The Balaban J connectivity index is 1.71. The fourth-order valence-corrected chi connectivity index (χ4v) is 2.73. The van der Waals surface area contributed by atoms with Gasteiger partial charge in [-0.1, -0.05) is 6.07 Å². The Kier molecular flexibility index (Phi) is 5.53. The molecule has 1 aromatic rings. The van der Waals surface area contributed by atoms with E-state index in [-0.39, 0.29) is 19.2 Å². The van der Waals surface area contributed by atoms with E-state index in [0.29, 0.717) is 11.5 Å². The van der Waals surface area contributed by atoms with E-state index < -0.39 is 0 Å². The van der Waals surface area contributed by atoms with Crippen molar-refractivity contribution in [2.45, 2.75) is 57.7 Å². The van der Waals surface area contributed by atoms with Gasteiger partial charge in [0.25, 0.3) is 0 Å². The van der Waals surface area contributed by atoms with Crippen LogP contribution in [-0.4, -0.2) is 30.9 Å². The average molecular weight is 308 g/mol. The molecule has 0 saturated carbocycles. The highest BCUT2D eigenvalue weighted by atomic mass is 16.7. The molecule has 0 unspecified atom stereocenters. The summed E-state index contributed by atoms with van der Waals surface area (Å²) in [5.41, 5.74) is 0.794. The molecular formula is C17H24O5. The third kappa shape index (κ3) is 4.12. The van der Waals surface area contributed by atoms with Gasteiger partial charge in [-0.05, 0) is 43.4 Å². The van der Waals surface area contributed by atoms with E-state index in [4.69, 9.17) is 18.9 Å². The van der Waals surface area contributed by atoms with Gasteiger partial charge in [-0.3, -0.25) is 0 Å². The van der Waals surface area contributed by atoms with Crippen LogP contribution in [0.3, 0.4) is 0 Å². The second-order valence-electron chi connectivity index (χ2n) is 5.77. The molecule has 2 aliphatic rings. The molecule has 0 bridgehead atoms. The first kappa shape index (κ1) is 15.6. The van der Waals surface area contributed by atoms with Crippen LogP contribution in [-0.2, 0) is 16.1 Å². The van der Waals surface area contributed by atoms with E-state index >= 15 is 0 Å². The molecule has 0 spiro atoms. The van der Waals surface area contributed by atoms with E-state index in [0.717, 1.165) is 57.3 Å². The maximum Gasteiger partial charge on any atom is 0.200 e. The van der Waals surface area contributed by atoms with E-state index in [1.165, 1.54) is 0 Å². The highest BCUT2D eigenvalue weighted by Crippen LogP contribution is 2.33. The lowest BCUT2D eigenvalue weighted by Gasteiger charge is -2.27. The summed E-state index contributed by atoms with van der Waals surface area (Å²) in [7, 11) is 0. The van der Waals surface area contributed by atoms with Crippen LogP contribution in [0.2, 0.25) is 0 Å². The van der Waals surface area contributed by atoms with Gasteiger partial charge in [-0.25, -0.2) is 0 Å². The van der Waals surface area contributed by atoms with Crippen LogP contribution >= 0.6 is 0 Å². The summed E-state index contributed by atoms with van der Waals surface area (Å²) in [5, 5.41) is 9.33. The molecule has 0 aromatic heterocycles. The van der Waals surface area contributed by atoms with Gasteiger partial charge < -0.3 is 24.1 Å². The zero-order chi connectivity index (χ0) is 15.2. The number of rotatable bonds is 5. The zero-order valence-electron chi connectivity index (χ0n) is 12.8. The minimum Gasteiger partial charge on any atom is -0.461 e. The van der Waals surface area contributed by atoms with Crippen LogP contribution in [0, 0.1) is 0 Å². The molecule has 0 amide bonds. The molecule has 22 heavy (non-hydrogen) atoms. The van der Waals surface area contributed by atoms with Gasteiger partial charge in [-0.2, -0.15) is 0 Å². The molecule has 1 aromatic carbocycles. The van der Waals surface area contributed by atoms with Crippen LogP contribution < -0.4 is 9.47 Å². The smallest absolute Gasteiger partial charge is 0.200 e. The molecule has 0 radical (unpaired) electrons. The van der Waals surface area contributed by atoms with E-state index in [9.17, 15) is 5.11 Å². The molecule has 2 heterocycles. The molecule has 2 saturated heterocycles. The summed E-state index contributed by atoms with van der Waals surface area (Å²) in [5.74, 6) is 1.27. The maximum absolute atomic E-state index is 9.33. The first-order valence-electron chi connectivity index (χ1n) is 8.15. The minimum absolute atomic E-state index is 0.0257. The van der Waals surface area contributed by atoms with Crippen LogP contribution in [0.4, 0.5) is 0 Å². The Bertz CT molecular complexity index is 464. The van der Waals surface area contributed by atoms with Gasteiger partial charge in [0.2, 0.25) is 0 Å². The molecule has 122 valence electrons. The van der Waals surface area contributed by atoms with Crippen LogP contribution in [0.25, 0.3) is 0 Å². The van der Waals surface area contributed by atoms with Crippen molar-refractivity contribution in [1.82, 2.24) is 0 Å². The van der Waals surface area contributed by atoms with Crippen molar-refractivity contribution in [3.05, 3.63) is 23.8 Å². The molecule has 5 heteroatoms. The van der Waals surface area contributed by atoms with Crippen molar-refractivity contribution >= 4 is 0 Å². The highest BCUT2D eigenvalue weighted by Gasteiger charge is 2.21. The quantitative estimate of drug-likeness (QED) is 0.906. The molecule has 2 fully saturated rings. The summed E-state index contributed by atoms with van der Waals surface area (Å²) in [4.78, 5) is 0. The lowest BCUT2D eigenvalue weighted by Crippen LogP contribution is -2.27. The van der Waals surface area contributed by atoms with Crippen molar-refractivity contribution in [1.29, 1.82) is 0 Å². The van der Waals surface area contributed by atoms with E-state index in [1.807, 2.05) is 18.2 Å². The number of benzene rings is 1. The van der Waals surface area contributed by atoms with Crippen molar-refractivity contribution in [3.8, 4) is 11.5 Å². The highest BCUT2D eigenvalue weighted by molar-refractivity contribution is 5.43. The van der Waals surface area contributed by atoms with Gasteiger partial charge >= 0.3 is 0 Å². The van der Waals surface area contributed by atoms with Gasteiger partial charge in [0.05, 0.1) is 19.8 Å². The lowest BCUT2D eigenvalue weighted by atomic mass is 10.2. The van der Waals surface area contributed by atoms with Crippen LogP contribution in [0.5, 0.6) is 11.5 Å². The fraction of sp³-hybridized carbons (Fsp3) is 0.647. The predicted octanol–water partition coefficient (Wildman–Crippen LogP) is 2.99. The topological polar surface area (TPSA) is 57.2 Å². The van der Waals surface area contributed by atoms with E-state index in [2.05, 4.69) is 0 Å². The lowest BCUT2D eigenvalue weighted by molar-refractivity contribution is -0.119. The fourth-order valence-electron chi connectivity index (χ4n) is 2.73. The number of hydrogen-bond donors (Lipinski definition) is 1. The Morgan fingerprint density at radius 3 is 2.09 bits per heavy atom. The summed E-state index contributed by atoms with van der Waals surface area (Å²) >= 11 is 0. The predicted molar refractivity (Wildman–Crippen MR) is 80.8 cm³/mol. The van der Waals surface area contributed by atoms with Gasteiger partial charge in [0, 0.05) is 12.8 Å².